The minimum absolute atomic E-state index is 0.114. The van der Waals surface area contributed by atoms with Gasteiger partial charge in [0.25, 0.3) is 0 Å². The number of rotatable bonds is 4. The smallest absolute Gasteiger partial charge is 0.0453 e. The molecule has 1 aromatic carbocycles. The third-order valence-electron chi connectivity index (χ3n) is 2.59. The van der Waals surface area contributed by atoms with Gasteiger partial charge in [-0.05, 0) is 42.9 Å². The van der Waals surface area contributed by atoms with Crippen LogP contribution < -0.4 is 5.73 Å². The van der Waals surface area contributed by atoms with Gasteiger partial charge in [0.15, 0.2) is 0 Å². The maximum atomic E-state index is 6.16. The van der Waals surface area contributed by atoms with Crippen molar-refractivity contribution in [1.29, 1.82) is 0 Å². The van der Waals surface area contributed by atoms with E-state index in [4.69, 9.17) is 28.9 Å². The molecule has 0 bridgehead atoms. The van der Waals surface area contributed by atoms with E-state index in [1.165, 1.54) is 0 Å². The van der Waals surface area contributed by atoms with Gasteiger partial charge in [-0.3, -0.25) is 0 Å². The predicted octanol–water partition coefficient (Wildman–Crippen LogP) is 4.30. The summed E-state index contributed by atoms with van der Waals surface area (Å²) < 4.78 is 0. The van der Waals surface area contributed by atoms with E-state index in [0.717, 1.165) is 28.5 Å². The second-order valence-corrected chi connectivity index (χ2v) is 6.04. The Bertz CT molecular complexity index is 339. The van der Waals surface area contributed by atoms with Crippen molar-refractivity contribution >= 4 is 23.2 Å². The summed E-state index contributed by atoms with van der Waals surface area (Å²) in [5, 5.41) is 1.48. The molecule has 1 nitrogen and oxygen atoms in total. The third-order valence-corrected chi connectivity index (χ3v) is 3.30. The van der Waals surface area contributed by atoms with Crippen LogP contribution in [0.5, 0.6) is 0 Å². The van der Waals surface area contributed by atoms with E-state index < -0.39 is 0 Å². The zero-order valence-electron chi connectivity index (χ0n) is 10.1. The van der Waals surface area contributed by atoms with E-state index in [0.29, 0.717) is 0 Å². The quantitative estimate of drug-likeness (QED) is 0.858. The predicted molar refractivity (Wildman–Crippen MR) is 72.2 cm³/mol. The first kappa shape index (κ1) is 13.8. The van der Waals surface area contributed by atoms with Gasteiger partial charge in [-0.2, -0.15) is 0 Å². The third kappa shape index (κ3) is 3.97. The summed E-state index contributed by atoms with van der Waals surface area (Å²) in [5.41, 5.74) is 6.98. The standard InChI is InChI=1S/C13H19Cl2N/c1-9(16)7-13(2,3)8-10-11(14)5-4-6-12(10)15/h4-6,9H,7-8,16H2,1-3H3. The van der Waals surface area contributed by atoms with E-state index >= 15 is 0 Å². The topological polar surface area (TPSA) is 26.0 Å². The van der Waals surface area contributed by atoms with Crippen molar-refractivity contribution in [3.63, 3.8) is 0 Å². The molecule has 0 spiro atoms. The van der Waals surface area contributed by atoms with Gasteiger partial charge in [0.1, 0.15) is 0 Å². The SMILES string of the molecule is CC(N)CC(C)(C)Cc1c(Cl)cccc1Cl. The summed E-state index contributed by atoms with van der Waals surface area (Å²) in [7, 11) is 0. The van der Waals surface area contributed by atoms with Gasteiger partial charge < -0.3 is 5.73 Å². The van der Waals surface area contributed by atoms with E-state index in [9.17, 15) is 0 Å². The summed E-state index contributed by atoms with van der Waals surface area (Å²) in [6.07, 6.45) is 1.81. The molecule has 0 radical (unpaired) electrons. The Morgan fingerprint density at radius 3 is 2.19 bits per heavy atom. The molecule has 1 unspecified atom stereocenters. The van der Waals surface area contributed by atoms with Crippen molar-refractivity contribution < 1.29 is 0 Å². The fourth-order valence-corrected chi connectivity index (χ4v) is 2.65. The number of hydrogen-bond acceptors (Lipinski definition) is 1. The molecule has 0 fully saturated rings. The van der Waals surface area contributed by atoms with Gasteiger partial charge in [0.05, 0.1) is 0 Å². The average Bonchev–Trinajstić information content (AvgIpc) is 2.09. The van der Waals surface area contributed by atoms with Crippen LogP contribution in [0.25, 0.3) is 0 Å². The van der Waals surface area contributed by atoms with Crippen LogP contribution in [0.15, 0.2) is 18.2 Å². The van der Waals surface area contributed by atoms with Crippen LogP contribution in [0.2, 0.25) is 10.0 Å². The van der Waals surface area contributed by atoms with Gasteiger partial charge in [0, 0.05) is 16.1 Å². The van der Waals surface area contributed by atoms with Crippen molar-refractivity contribution in [1.82, 2.24) is 0 Å². The number of benzene rings is 1. The van der Waals surface area contributed by atoms with Crippen LogP contribution >= 0.6 is 23.2 Å². The van der Waals surface area contributed by atoms with Gasteiger partial charge >= 0.3 is 0 Å². The Morgan fingerprint density at radius 2 is 1.75 bits per heavy atom. The molecule has 1 aromatic rings. The fourth-order valence-electron chi connectivity index (χ4n) is 2.12. The molecular formula is C13H19Cl2N. The summed E-state index contributed by atoms with van der Waals surface area (Å²) in [6, 6.07) is 5.82. The van der Waals surface area contributed by atoms with Crippen molar-refractivity contribution in [3.05, 3.63) is 33.8 Å². The molecule has 1 rings (SSSR count). The molecule has 0 aromatic heterocycles. The van der Waals surface area contributed by atoms with Crippen molar-refractivity contribution in [2.24, 2.45) is 11.1 Å². The zero-order valence-corrected chi connectivity index (χ0v) is 11.6. The van der Waals surface area contributed by atoms with Crippen molar-refractivity contribution in [2.75, 3.05) is 0 Å². The highest BCUT2D eigenvalue weighted by Gasteiger charge is 2.22. The zero-order chi connectivity index (χ0) is 12.3. The fraction of sp³-hybridized carbons (Fsp3) is 0.538. The Morgan fingerprint density at radius 1 is 1.25 bits per heavy atom. The van der Waals surface area contributed by atoms with Gasteiger partial charge in [-0.1, -0.05) is 43.1 Å². The molecule has 0 aliphatic heterocycles. The second-order valence-electron chi connectivity index (χ2n) is 5.22. The van der Waals surface area contributed by atoms with Gasteiger partial charge in [-0.25, -0.2) is 0 Å². The average molecular weight is 260 g/mol. The summed E-state index contributed by atoms with van der Waals surface area (Å²) in [4.78, 5) is 0. The molecular weight excluding hydrogens is 241 g/mol. The monoisotopic (exact) mass is 259 g/mol. The summed E-state index contributed by atoms with van der Waals surface area (Å²) in [6.45, 7) is 6.40. The molecule has 0 aliphatic carbocycles. The normalized spacial score (nSPS) is 13.9. The first-order valence-electron chi connectivity index (χ1n) is 5.50. The van der Waals surface area contributed by atoms with Crippen LogP contribution in [0.3, 0.4) is 0 Å². The molecule has 2 N–H and O–H groups in total. The molecule has 1 atom stereocenters. The van der Waals surface area contributed by atoms with Crippen LogP contribution in [-0.4, -0.2) is 6.04 Å². The van der Waals surface area contributed by atoms with Crippen LogP contribution in [0.4, 0.5) is 0 Å². The molecule has 3 heteroatoms. The summed E-state index contributed by atoms with van der Waals surface area (Å²) >= 11 is 12.3. The number of halogens is 2. The van der Waals surface area contributed by atoms with Gasteiger partial charge in [-0.15, -0.1) is 0 Å². The van der Waals surface area contributed by atoms with Crippen LogP contribution in [0, 0.1) is 5.41 Å². The lowest BCUT2D eigenvalue weighted by Crippen LogP contribution is -2.26. The van der Waals surface area contributed by atoms with Gasteiger partial charge in [0.2, 0.25) is 0 Å². The largest absolute Gasteiger partial charge is 0.328 e. The highest BCUT2D eigenvalue weighted by Crippen LogP contribution is 2.33. The Balaban J connectivity index is 2.87. The lowest BCUT2D eigenvalue weighted by molar-refractivity contribution is 0.309. The maximum absolute atomic E-state index is 6.16. The molecule has 0 aliphatic rings. The molecule has 0 heterocycles. The van der Waals surface area contributed by atoms with E-state index in [2.05, 4.69) is 13.8 Å². The number of nitrogens with two attached hydrogens (primary N) is 1. The first-order chi connectivity index (χ1) is 7.32. The molecule has 16 heavy (non-hydrogen) atoms. The number of hydrogen-bond donors (Lipinski definition) is 1. The Labute approximate surface area is 108 Å². The molecule has 0 amide bonds. The second kappa shape index (κ2) is 5.39. The summed E-state index contributed by atoms with van der Waals surface area (Å²) in [5.74, 6) is 0. The van der Waals surface area contributed by atoms with Crippen LogP contribution in [0.1, 0.15) is 32.8 Å². The van der Waals surface area contributed by atoms with Crippen molar-refractivity contribution in [2.45, 2.75) is 39.7 Å². The highest BCUT2D eigenvalue weighted by molar-refractivity contribution is 6.35. The Hall–Kier alpha value is -0.240. The first-order valence-corrected chi connectivity index (χ1v) is 6.26. The minimum atomic E-state index is 0.114. The highest BCUT2D eigenvalue weighted by atomic mass is 35.5. The maximum Gasteiger partial charge on any atom is 0.0453 e. The van der Waals surface area contributed by atoms with E-state index in [1.807, 2.05) is 25.1 Å². The molecule has 0 saturated heterocycles. The lowest BCUT2D eigenvalue weighted by atomic mass is 9.80. The Kier molecular flexibility index (Phi) is 4.66. The van der Waals surface area contributed by atoms with E-state index in [-0.39, 0.29) is 11.5 Å². The minimum Gasteiger partial charge on any atom is -0.328 e. The molecule has 0 saturated carbocycles. The van der Waals surface area contributed by atoms with Crippen LogP contribution in [-0.2, 0) is 6.42 Å². The molecule has 90 valence electrons. The van der Waals surface area contributed by atoms with E-state index in [1.54, 1.807) is 0 Å². The lowest BCUT2D eigenvalue weighted by Gasteiger charge is -2.27. The van der Waals surface area contributed by atoms with Crippen molar-refractivity contribution in [3.8, 4) is 0 Å².